The van der Waals surface area contributed by atoms with Gasteiger partial charge in [-0.2, -0.15) is 4.98 Å². The Morgan fingerprint density at radius 2 is 1.83 bits per heavy atom. The number of hydrogen-bond acceptors (Lipinski definition) is 4. The van der Waals surface area contributed by atoms with E-state index in [9.17, 15) is 8.78 Å². The number of piperidine rings is 1. The zero-order valence-electron chi connectivity index (χ0n) is 14.0. The first-order valence-corrected chi connectivity index (χ1v) is 8.21. The number of rotatable bonds is 4. The second-order valence-electron chi connectivity index (χ2n) is 6.11. The van der Waals surface area contributed by atoms with Crippen LogP contribution < -0.4 is 9.64 Å². The van der Waals surface area contributed by atoms with Gasteiger partial charge >= 0.3 is 0 Å². The van der Waals surface area contributed by atoms with Gasteiger partial charge in [0.15, 0.2) is 0 Å². The molecule has 6 heteroatoms. The van der Waals surface area contributed by atoms with Gasteiger partial charge in [-0.3, -0.25) is 0 Å². The van der Waals surface area contributed by atoms with Crippen LogP contribution in [0.2, 0.25) is 0 Å². The fraction of sp³-hybridized carbons (Fsp3) is 0.444. The Hall–Kier alpha value is -2.24. The van der Waals surface area contributed by atoms with Crippen LogP contribution in [-0.4, -0.2) is 23.1 Å². The molecule has 0 radical (unpaired) electrons. The van der Waals surface area contributed by atoms with E-state index < -0.39 is 11.6 Å². The van der Waals surface area contributed by atoms with Crippen LogP contribution >= 0.6 is 0 Å². The third kappa shape index (κ3) is 3.63. The van der Waals surface area contributed by atoms with Gasteiger partial charge < -0.3 is 9.64 Å². The van der Waals surface area contributed by atoms with Crippen molar-refractivity contribution in [2.75, 3.05) is 18.0 Å². The lowest BCUT2D eigenvalue weighted by molar-refractivity contribution is 0.284. The summed E-state index contributed by atoms with van der Waals surface area (Å²) < 4.78 is 32.7. The van der Waals surface area contributed by atoms with Crippen LogP contribution in [0.4, 0.5) is 14.7 Å². The van der Waals surface area contributed by atoms with Crippen LogP contribution in [0, 0.1) is 25.5 Å². The molecule has 0 N–H and O–H groups in total. The lowest BCUT2D eigenvalue weighted by Crippen LogP contribution is -2.31. The molecule has 0 atom stereocenters. The summed E-state index contributed by atoms with van der Waals surface area (Å²) in [4.78, 5) is 11.2. The van der Waals surface area contributed by atoms with Crippen molar-refractivity contribution in [3.8, 4) is 5.88 Å². The third-order valence-electron chi connectivity index (χ3n) is 4.34. The maximum atomic E-state index is 13.7. The largest absolute Gasteiger partial charge is 0.472 e. The predicted octanol–water partition coefficient (Wildman–Crippen LogP) is 3.94. The van der Waals surface area contributed by atoms with Crippen molar-refractivity contribution in [1.82, 2.24) is 9.97 Å². The highest BCUT2D eigenvalue weighted by Crippen LogP contribution is 2.24. The molecule has 1 aliphatic heterocycles. The zero-order chi connectivity index (χ0) is 17.1. The maximum Gasteiger partial charge on any atom is 0.228 e. The second kappa shape index (κ2) is 7.11. The first-order chi connectivity index (χ1) is 11.5. The van der Waals surface area contributed by atoms with Gasteiger partial charge in [-0.1, -0.05) is 0 Å². The van der Waals surface area contributed by atoms with Gasteiger partial charge in [-0.25, -0.2) is 13.8 Å². The van der Waals surface area contributed by atoms with E-state index in [2.05, 4.69) is 14.9 Å². The van der Waals surface area contributed by atoms with Crippen LogP contribution in [0.3, 0.4) is 0 Å². The van der Waals surface area contributed by atoms with E-state index in [0.29, 0.717) is 11.8 Å². The van der Waals surface area contributed by atoms with E-state index in [-0.39, 0.29) is 12.2 Å². The van der Waals surface area contributed by atoms with Crippen LogP contribution in [-0.2, 0) is 6.61 Å². The topological polar surface area (TPSA) is 38.2 Å². The fourth-order valence-electron chi connectivity index (χ4n) is 2.76. The summed E-state index contributed by atoms with van der Waals surface area (Å²) in [6, 6.07) is 3.34. The van der Waals surface area contributed by atoms with E-state index in [1.807, 2.05) is 13.8 Å². The molecular weight excluding hydrogens is 312 g/mol. The smallest absolute Gasteiger partial charge is 0.228 e. The standard InChI is InChI=1S/C18H21F2N3O/c1-12-13(2)21-18(23-8-4-3-5-9-23)22-17(12)24-11-14-10-15(19)6-7-16(14)20/h6-7,10H,3-5,8-9,11H2,1-2H3. The highest BCUT2D eigenvalue weighted by Gasteiger charge is 2.17. The number of benzene rings is 1. The lowest BCUT2D eigenvalue weighted by atomic mass is 10.1. The fourth-order valence-corrected chi connectivity index (χ4v) is 2.76. The zero-order valence-corrected chi connectivity index (χ0v) is 14.0. The average Bonchev–Trinajstić information content (AvgIpc) is 2.59. The van der Waals surface area contributed by atoms with E-state index in [0.717, 1.165) is 55.4 Å². The first kappa shape index (κ1) is 16.6. The minimum atomic E-state index is -0.490. The van der Waals surface area contributed by atoms with Crippen molar-refractivity contribution in [2.24, 2.45) is 0 Å². The molecule has 3 rings (SSSR count). The monoisotopic (exact) mass is 333 g/mol. The Morgan fingerprint density at radius 3 is 2.58 bits per heavy atom. The summed E-state index contributed by atoms with van der Waals surface area (Å²) in [6.45, 7) is 5.56. The molecule has 2 heterocycles. The summed E-state index contributed by atoms with van der Waals surface area (Å²) in [6.07, 6.45) is 3.48. The highest BCUT2D eigenvalue weighted by atomic mass is 19.1. The Balaban J connectivity index is 1.81. The molecule has 0 saturated carbocycles. The predicted molar refractivity (Wildman–Crippen MR) is 88.3 cm³/mol. The second-order valence-corrected chi connectivity index (χ2v) is 6.11. The highest BCUT2D eigenvalue weighted by molar-refractivity contribution is 5.39. The molecule has 0 aliphatic carbocycles. The molecule has 0 amide bonds. The van der Waals surface area contributed by atoms with Crippen LogP contribution in [0.1, 0.15) is 36.1 Å². The van der Waals surface area contributed by atoms with Crippen molar-refractivity contribution < 1.29 is 13.5 Å². The molecule has 1 aromatic heterocycles. The molecule has 2 aromatic rings. The molecule has 128 valence electrons. The van der Waals surface area contributed by atoms with E-state index in [1.165, 1.54) is 6.42 Å². The van der Waals surface area contributed by atoms with Gasteiger partial charge in [-0.15, -0.1) is 0 Å². The van der Waals surface area contributed by atoms with Crippen molar-refractivity contribution in [3.05, 3.63) is 46.7 Å². The Kier molecular flexibility index (Phi) is 4.92. The van der Waals surface area contributed by atoms with E-state index in [1.54, 1.807) is 0 Å². The summed E-state index contributed by atoms with van der Waals surface area (Å²) >= 11 is 0. The van der Waals surface area contributed by atoms with Gasteiger partial charge in [0, 0.05) is 29.9 Å². The number of ether oxygens (including phenoxy) is 1. The number of nitrogens with zero attached hydrogens (tertiary/aromatic N) is 3. The van der Waals surface area contributed by atoms with E-state index >= 15 is 0 Å². The molecule has 1 aromatic carbocycles. The minimum absolute atomic E-state index is 0.0691. The number of aryl methyl sites for hydroxylation is 1. The Labute approximate surface area is 140 Å². The molecular formula is C18H21F2N3O. The van der Waals surface area contributed by atoms with Gasteiger partial charge in [0.1, 0.15) is 18.2 Å². The van der Waals surface area contributed by atoms with Crippen LogP contribution in [0.5, 0.6) is 5.88 Å². The van der Waals surface area contributed by atoms with Crippen molar-refractivity contribution in [2.45, 2.75) is 39.7 Å². The van der Waals surface area contributed by atoms with Crippen molar-refractivity contribution in [1.29, 1.82) is 0 Å². The summed E-state index contributed by atoms with van der Waals surface area (Å²) in [5.74, 6) is 0.0925. The molecule has 1 saturated heterocycles. The third-order valence-corrected chi connectivity index (χ3v) is 4.34. The van der Waals surface area contributed by atoms with Gasteiger partial charge in [-0.05, 0) is 51.3 Å². The average molecular weight is 333 g/mol. The van der Waals surface area contributed by atoms with Crippen LogP contribution in [0.15, 0.2) is 18.2 Å². The molecule has 1 fully saturated rings. The lowest BCUT2D eigenvalue weighted by Gasteiger charge is -2.27. The summed E-state index contributed by atoms with van der Waals surface area (Å²) in [5.41, 5.74) is 1.82. The molecule has 0 spiro atoms. The number of halogens is 2. The Bertz CT molecular complexity index is 730. The molecule has 1 aliphatic rings. The van der Waals surface area contributed by atoms with Crippen molar-refractivity contribution >= 4 is 5.95 Å². The number of anilines is 1. The van der Waals surface area contributed by atoms with Gasteiger partial charge in [0.25, 0.3) is 0 Å². The number of aromatic nitrogens is 2. The summed E-state index contributed by atoms with van der Waals surface area (Å²) in [5, 5.41) is 0. The maximum absolute atomic E-state index is 13.7. The van der Waals surface area contributed by atoms with Gasteiger partial charge in [0.2, 0.25) is 11.8 Å². The molecule has 0 bridgehead atoms. The SMILES string of the molecule is Cc1nc(N2CCCCC2)nc(OCc2cc(F)ccc2F)c1C. The number of hydrogen-bond donors (Lipinski definition) is 0. The normalized spacial score (nSPS) is 14.8. The first-order valence-electron chi connectivity index (χ1n) is 8.21. The van der Waals surface area contributed by atoms with Gasteiger partial charge in [0.05, 0.1) is 0 Å². The quantitative estimate of drug-likeness (QED) is 0.849. The molecule has 24 heavy (non-hydrogen) atoms. The minimum Gasteiger partial charge on any atom is -0.472 e. The molecule has 4 nitrogen and oxygen atoms in total. The van der Waals surface area contributed by atoms with E-state index in [4.69, 9.17) is 4.74 Å². The van der Waals surface area contributed by atoms with Crippen molar-refractivity contribution in [3.63, 3.8) is 0 Å². The summed E-state index contributed by atoms with van der Waals surface area (Å²) in [7, 11) is 0. The molecule has 0 unspecified atom stereocenters. The Morgan fingerprint density at radius 1 is 1.08 bits per heavy atom. The van der Waals surface area contributed by atoms with Crippen LogP contribution in [0.25, 0.3) is 0 Å².